The van der Waals surface area contributed by atoms with E-state index >= 15 is 0 Å². The van der Waals surface area contributed by atoms with Crippen molar-refractivity contribution in [2.75, 3.05) is 6.61 Å². The van der Waals surface area contributed by atoms with E-state index < -0.39 is 46.3 Å². The van der Waals surface area contributed by atoms with Gasteiger partial charge in [0.2, 0.25) is 0 Å². The molecule has 5 N–H and O–H groups in total. The maximum atomic E-state index is 11.6. The molecule has 5 fully saturated rings. The molecule has 2 aliphatic carbocycles. The normalized spacial score (nSPS) is 69.8. The Bertz CT molecular complexity index is 530. The van der Waals surface area contributed by atoms with E-state index in [0.717, 1.165) is 0 Å². The van der Waals surface area contributed by atoms with Gasteiger partial charge in [-0.1, -0.05) is 13.8 Å². The van der Waals surface area contributed by atoms with Crippen LogP contribution in [0.15, 0.2) is 0 Å². The minimum Gasteiger partial charge on any atom is -0.390 e. The molecule has 7 heteroatoms. The van der Waals surface area contributed by atoms with Crippen molar-refractivity contribution in [3.05, 3.63) is 0 Å². The molecule has 3 saturated heterocycles. The predicted molar refractivity (Wildman–Crippen MR) is 72.3 cm³/mol. The van der Waals surface area contributed by atoms with Gasteiger partial charge in [-0.05, 0) is 25.7 Å². The molecule has 3 heterocycles. The molecule has 5 rings (SSSR count). The van der Waals surface area contributed by atoms with Crippen LogP contribution >= 0.6 is 0 Å². The second-order valence-corrected chi connectivity index (χ2v) is 8.07. The predicted octanol–water partition coefficient (Wildman–Crippen LogP) is -1.30. The average molecular weight is 316 g/mol. The van der Waals surface area contributed by atoms with Crippen molar-refractivity contribution >= 4 is 0 Å². The number of hydrogen-bond donors (Lipinski definition) is 5. The highest BCUT2D eigenvalue weighted by Crippen LogP contribution is 2.73. The van der Waals surface area contributed by atoms with Gasteiger partial charge in [-0.25, -0.2) is 0 Å². The van der Waals surface area contributed by atoms with Crippen LogP contribution < -0.4 is 0 Å². The Morgan fingerprint density at radius 2 is 1.73 bits per heavy atom. The summed E-state index contributed by atoms with van der Waals surface area (Å²) in [5.74, 6) is -2.55. The number of rotatable bonds is 0. The van der Waals surface area contributed by atoms with Gasteiger partial charge in [-0.3, -0.25) is 0 Å². The van der Waals surface area contributed by atoms with E-state index in [1.54, 1.807) is 6.92 Å². The lowest BCUT2D eigenvalue weighted by molar-refractivity contribution is -0.460. The number of aliphatic hydroxyl groups is 5. The van der Waals surface area contributed by atoms with Gasteiger partial charge in [-0.15, -0.1) is 0 Å². The molecular weight excluding hydrogens is 292 g/mol. The first-order valence-electron chi connectivity index (χ1n) is 7.82. The number of ether oxygens (including phenoxy) is 2. The minimum atomic E-state index is -2.28. The summed E-state index contributed by atoms with van der Waals surface area (Å²) in [5, 5.41) is 54.8. The summed E-state index contributed by atoms with van der Waals surface area (Å²) in [6.45, 7) is 4.76. The van der Waals surface area contributed by atoms with Crippen LogP contribution in [0, 0.1) is 16.7 Å². The van der Waals surface area contributed by atoms with E-state index in [2.05, 4.69) is 0 Å². The first kappa shape index (κ1) is 15.3. The highest BCUT2D eigenvalue weighted by Gasteiger charge is 2.86. The molecule has 0 amide bonds. The van der Waals surface area contributed by atoms with E-state index in [1.807, 2.05) is 6.92 Å². The van der Waals surface area contributed by atoms with Crippen LogP contribution in [0.3, 0.4) is 0 Å². The fourth-order valence-electron chi connectivity index (χ4n) is 5.84. The molecule has 9 unspecified atom stereocenters. The average Bonchev–Trinajstić information content (AvgIpc) is 2.58. The molecule has 9 atom stereocenters. The Labute approximate surface area is 128 Å². The van der Waals surface area contributed by atoms with Crippen molar-refractivity contribution in [2.24, 2.45) is 16.7 Å². The molecule has 0 aromatic heterocycles. The third kappa shape index (κ3) is 1.14. The molecule has 7 nitrogen and oxygen atoms in total. The largest absolute Gasteiger partial charge is 0.390 e. The van der Waals surface area contributed by atoms with E-state index in [9.17, 15) is 25.5 Å². The van der Waals surface area contributed by atoms with Crippen LogP contribution in [0.4, 0.5) is 0 Å². The summed E-state index contributed by atoms with van der Waals surface area (Å²) in [4.78, 5) is 0. The Kier molecular flexibility index (Phi) is 2.56. The van der Waals surface area contributed by atoms with Crippen molar-refractivity contribution in [3.63, 3.8) is 0 Å². The maximum absolute atomic E-state index is 11.6. The molecule has 1 spiro atoms. The van der Waals surface area contributed by atoms with Crippen LogP contribution in [-0.2, 0) is 9.47 Å². The zero-order valence-corrected chi connectivity index (χ0v) is 13.0. The zero-order chi connectivity index (χ0) is 16.3. The first-order chi connectivity index (χ1) is 9.97. The topological polar surface area (TPSA) is 120 Å². The maximum Gasteiger partial charge on any atom is 0.309 e. The van der Waals surface area contributed by atoms with Gasteiger partial charge >= 0.3 is 5.97 Å². The van der Waals surface area contributed by atoms with E-state index in [1.165, 1.54) is 6.92 Å². The highest BCUT2D eigenvalue weighted by molar-refractivity contribution is 5.32. The van der Waals surface area contributed by atoms with Gasteiger partial charge in [-0.2, -0.15) is 0 Å². The Morgan fingerprint density at radius 3 is 2.36 bits per heavy atom. The molecule has 0 aromatic carbocycles. The number of fused-ring (bicyclic) bond motifs is 1. The molecule has 126 valence electrons. The van der Waals surface area contributed by atoms with Crippen molar-refractivity contribution < 1.29 is 35.0 Å². The second-order valence-electron chi connectivity index (χ2n) is 8.07. The van der Waals surface area contributed by atoms with Crippen LogP contribution in [0.5, 0.6) is 0 Å². The minimum absolute atomic E-state index is 0.150. The van der Waals surface area contributed by atoms with Crippen LogP contribution in [0.2, 0.25) is 0 Å². The van der Waals surface area contributed by atoms with Crippen LogP contribution in [0.25, 0.3) is 0 Å². The third-order valence-electron chi connectivity index (χ3n) is 7.47. The number of aliphatic hydroxyl groups excluding tert-OH is 2. The van der Waals surface area contributed by atoms with Crippen molar-refractivity contribution in [3.8, 4) is 0 Å². The Balaban J connectivity index is 2.07. The lowest BCUT2D eigenvalue weighted by Crippen LogP contribution is -2.82. The molecule has 0 radical (unpaired) electrons. The van der Waals surface area contributed by atoms with Gasteiger partial charge < -0.3 is 35.0 Å². The van der Waals surface area contributed by atoms with E-state index in [-0.39, 0.29) is 25.4 Å². The molecule has 0 aromatic rings. The first-order valence-corrected chi connectivity index (χ1v) is 7.82. The summed E-state index contributed by atoms with van der Waals surface area (Å²) in [6, 6.07) is 0. The van der Waals surface area contributed by atoms with E-state index in [0.29, 0.717) is 0 Å². The molecule has 22 heavy (non-hydrogen) atoms. The van der Waals surface area contributed by atoms with Crippen LogP contribution in [0.1, 0.15) is 33.6 Å². The summed E-state index contributed by atoms with van der Waals surface area (Å²) >= 11 is 0. The molecule has 4 bridgehead atoms. The molecule has 3 aliphatic heterocycles. The number of hydrogen-bond acceptors (Lipinski definition) is 7. The quantitative estimate of drug-likeness (QED) is 0.377. The Hall–Kier alpha value is -0.280. The highest BCUT2D eigenvalue weighted by atomic mass is 16.8. The molecular formula is C15H24O7. The lowest BCUT2D eigenvalue weighted by Gasteiger charge is -2.67. The summed E-state index contributed by atoms with van der Waals surface area (Å²) in [5.41, 5.74) is -5.80. The van der Waals surface area contributed by atoms with Crippen LogP contribution in [-0.4, -0.2) is 67.6 Å². The third-order valence-corrected chi connectivity index (χ3v) is 7.47. The SMILES string of the molecule is CC1CC(O)C2(O)C13CC1OC(O)(OCC2(C)C1(C)O)C3O. The monoisotopic (exact) mass is 316 g/mol. The summed E-state index contributed by atoms with van der Waals surface area (Å²) in [6.07, 6.45) is -3.01. The molecule has 2 saturated carbocycles. The van der Waals surface area contributed by atoms with Gasteiger partial charge in [0.05, 0.1) is 29.8 Å². The zero-order valence-electron chi connectivity index (χ0n) is 13.0. The van der Waals surface area contributed by atoms with Gasteiger partial charge in [0.25, 0.3) is 0 Å². The standard InChI is InChI=1S/C15H24O7/c1-7-4-8(16)14(19)11(2)6-21-15(20)10(17)13(7,14)5-9(22-15)12(11,3)18/h7-10,16-20H,4-6H2,1-3H3. The fraction of sp³-hybridized carbons (Fsp3) is 1.00. The smallest absolute Gasteiger partial charge is 0.309 e. The van der Waals surface area contributed by atoms with Gasteiger partial charge in [0, 0.05) is 5.41 Å². The fourth-order valence-corrected chi connectivity index (χ4v) is 5.84. The summed E-state index contributed by atoms with van der Waals surface area (Å²) < 4.78 is 10.9. The Morgan fingerprint density at radius 1 is 1.09 bits per heavy atom. The summed E-state index contributed by atoms with van der Waals surface area (Å²) in [7, 11) is 0. The van der Waals surface area contributed by atoms with E-state index in [4.69, 9.17) is 9.47 Å². The van der Waals surface area contributed by atoms with Crippen molar-refractivity contribution in [2.45, 2.75) is 69.1 Å². The lowest BCUT2D eigenvalue weighted by atomic mass is 9.44. The van der Waals surface area contributed by atoms with Gasteiger partial charge in [0.1, 0.15) is 11.7 Å². The van der Waals surface area contributed by atoms with Crippen molar-refractivity contribution in [1.29, 1.82) is 0 Å². The second kappa shape index (κ2) is 3.69. The molecule has 5 aliphatic rings. The van der Waals surface area contributed by atoms with Gasteiger partial charge in [0.15, 0.2) is 0 Å². The van der Waals surface area contributed by atoms with Crippen molar-refractivity contribution in [1.82, 2.24) is 0 Å².